The lowest BCUT2D eigenvalue weighted by Crippen LogP contribution is -2.63. The highest BCUT2D eigenvalue weighted by Gasteiger charge is 2.84. The number of hydrogen-bond donors (Lipinski definition) is 2. The van der Waals surface area contributed by atoms with Gasteiger partial charge in [-0.15, -0.1) is 0 Å². The fraction of sp³-hybridized carbons (Fsp3) is 0.846. The Balaban J connectivity index is 1.43. The number of aldehydes is 1. The fourth-order valence-electron chi connectivity index (χ4n) is 9.27. The zero-order valence-corrected chi connectivity index (χ0v) is 19.9. The molecule has 0 aromatic carbocycles. The summed E-state index contributed by atoms with van der Waals surface area (Å²) < 4.78 is 18.0. The van der Waals surface area contributed by atoms with E-state index in [-0.39, 0.29) is 36.6 Å². The summed E-state index contributed by atoms with van der Waals surface area (Å²) in [5.41, 5.74) is -1.89. The van der Waals surface area contributed by atoms with E-state index in [1.165, 1.54) is 0 Å². The molecule has 6 rings (SSSR count). The highest BCUT2D eigenvalue weighted by molar-refractivity contribution is 5.90. The molecule has 2 aliphatic heterocycles. The number of epoxide rings is 1. The number of aliphatic hydroxyl groups excluding tert-OH is 1. The predicted octanol–water partition coefficient (Wildman–Crippen LogP) is 2.80. The van der Waals surface area contributed by atoms with Crippen molar-refractivity contribution in [1.82, 2.24) is 0 Å². The molecule has 6 aliphatic rings. The van der Waals surface area contributed by atoms with Gasteiger partial charge in [-0.05, 0) is 55.8 Å². The van der Waals surface area contributed by atoms with Crippen LogP contribution in [0.3, 0.4) is 0 Å². The third-order valence-corrected chi connectivity index (χ3v) is 10.6. The Morgan fingerprint density at radius 2 is 2.00 bits per heavy atom. The van der Waals surface area contributed by atoms with Crippen molar-refractivity contribution >= 4 is 12.3 Å². The minimum absolute atomic E-state index is 0.00322. The Morgan fingerprint density at radius 1 is 1.24 bits per heavy atom. The number of allylic oxidation sites excluding steroid dienone is 1. The summed E-state index contributed by atoms with van der Waals surface area (Å²) in [7, 11) is 0. The molecule has 2 saturated heterocycles. The SMILES string of the molecule is CC(C)C1=CC2CC3(C=O)C4CCC(C)C4CC2(CO[C@@H]2O[C@H](C)[C@@H](O)[C@@H]4O[C@H]24)C13C(=O)O. The first-order valence-electron chi connectivity index (χ1n) is 12.7. The first kappa shape index (κ1) is 22.2. The molecule has 0 aromatic rings. The van der Waals surface area contributed by atoms with Crippen LogP contribution in [0.15, 0.2) is 11.6 Å². The molecule has 7 nitrogen and oxygen atoms in total. The van der Waals surface area contributed by atoms with Crippen molar-refractivity contribution in [1.29, 1.82) is 0 Å². The van der Waals surface area contributed by atoms with Crippen LogP contribution in [0.1, 0.15) is 53.4 Å². The maximum atomic E-state index is 13.4. The highest BCUT2D eigenvalue weighted by atomic mass is 16.7. The van der Waals surface area contributed by atoms with Crippen LogP contribution in [0.5, 0.6) is 0 Å². The van der Waals surface area contributed by atoms with E-state index in [1.54, 1.807) is 6.92 Å². The van der Waals surface area contributed by atoms with Crippen LogP contribution in [-0.4, -0.2) is 59.8 Å². The van der Waals surface area contributed by atoms with Gasteiger partial charge in [0, 0.05) is 5.41 Å². The third-order valence-electron chi connectivity index (χ3n) is 10.6. The maximum absolute atomic E-state index is 13.4. The minimum Gasteiger partial charge on any atom is -0.481 e. The largest absolute Gasteiger partial charge is 0.481 e. The number of carbonyl (C=O) groups excluding carboxylic acids is 1. The average Bonchev–Trinajstić information content (AvgIpc) is 3.39. The second-order valence-corrected chi connectivity index (χ2v) is 12.1. The molecule has 5 fully saturated rings. The van der Waals surface area contributed by atoms with E-state index in [4.69, 9.17) is 14.2 Å². The lowest BCUT2D eigenvalue weighted by atomic mass is 9.43. The van der Waals surface area contributed by atoms with Gasteiger partial charge in [0.1, 0.15) is 30.0 Å². The van der Waals surface area contributed by atoms with E-state index < -0.39 is 40.7 Å². The maximum Gasteiger partial charge on any atom is 0.315 e. The Labute approximate surface area is 194 Å². The van der Waals surface area contributed by atoms with Crippen LogP contribution in [0.4, 0.5) is 0 Å². The van der Waals surface area contributed by atoms with Gasteiger partial charge in [-0.1, -0.05) is 38.8 Å². The van der Waals surface area contributed by atoms with Gasteiger partial charge in [0.15, 0.2) is 6.29 Å². The van der Waals surface area contributed by atoms with E-state index in [2.05, 4.69) is 13.0 Å². The van der Waals surface area contributed by atoms with Crippen molar-refractivity contribution in [3.05, 3.63) is 11.6 Å². The van der Waals surface area contributed by atoms with Crippen molar-refractivity contribution in [3.8, 4) is 0 Å². The van der Waals surface area contributed by atoms with Crippen LogP contribution in [0, 0.1) is 45.8 Å². The molecule has 0 spiro atoms. The van der Waals surface area contributed by atoms with Crippen molar-refractivity contribution in [3.63, 3.8) is 0 Å². The zero-order chi connectivity index (χ0) is 23.5. The second-order valence-electron chi connectivity index (χ2n) is 12.1. The van der Waals surface area contributed by atoms with Gasteiger partial charge >= 0.3 is 5.97 Å². The number of aliphatic hydroxyl groups is 1. The van der Waals surface area contributed by atoms with Gasteiger partial charge in [-0.3, -0.25) is 4.79 Å². The number of aliphatic carboxylic acids is 1. The summed E-state index contributed by atoms with van der Waals surface area (Å²) in [5.74, 6) is 0.0736. The molecule has 182 valence electrons. The normalized spacial score (nSPS) is 55.8. The molecule has 2 heterocycles. The minimum atomic E-state index is -1.24. The monoisotopic (exact) mass is 460 g/mol. The van der Waals surface area contributed by atoms with Crippen molar-refractivity contribution in [2.24, 2.45) is 45.8 Å². The number of fused-ring (bicyclic) bond motifs is 3. The Morgan fingerprint density at radius 3 is 2.67 bits per heavy atom. The van der Waals surface area contributed by atoms with Gasteiger partial charge in [0.2, 0.25) is 0 Å². The molecule has 3 saturated carbocycles. The second kappa shape index (κ2) is 6.90. The van der Waals surface area contributed by atoms with Gasteiger partial charge < -0.3 is 29.2 Å². The van der Waals surface area contributed by atoms with E-state index in [1.807, 2.05) is 13.8 Å². The lowest BCUT2D eigenvalue weighted by Gasteiger charge is -2.58. The molecule has 0 radical (unpaired) electrons. The van der Waals surface area contributed by atoms with Crippen LogP contribution in [0.25, 0.3) is 0 Å². The Bertz CT molecular complexity index is 912. The standard InChI is InChI=1S/C26H36O7/c1-12(2)18-7-15-8-24(10-27)17-6-5-13(3)16(17)9-25(15,26(18,24)23(29)30)11-31-22-21-20(33-21)19(28)14(4)32-22/h7,10,12-17,19-22,28H,5-6,8-9,11H2,1-4H3,(H,29,30)/t13?,14-,15?,16?,17?,19-,20+,21+,22-,24?,25?,26?/m1/s1. The number of carboxylic acids is 1. The van der Waals surface area contributed by atoms with Crippen molar-refractivity contribution in [2.75, 3.05) is 6.61 Å². The van der Waals surface area contributed by atoms with E-state index in [9.17, 15) is 19.8 Å². The smallest absolute Gasteiger partial charge is 0.315 e. The van der Waals surface area contributed by atoms with Gasteiger partial charge in [0.25, 0.3) is 0 Å². The van der Waals surface area contributed by atoms with Crippen LogP contribution < -0.4 is 0 Å². The molecule has 0 aromatic heterocycles. The quantitative estimate of drug-likeness (QED) is 0.357. The summed E-state index contributed by atoms with van der Waals surface area (Å²) in [4.78, 5) is 26.5. The molecular formula is C26H36O7. The number of carbonyl (C=O) groups is 2. The van der Waals surface area contributed by atoms with Gasteiger partial charge in [-0.25, -0.2) is 0 Å². The number of rotatable bonds is 6. The molecule has 12 atom stereocenters. The predicted molar refractivity (Wildman–Crippen MR) is 117 cm³/mol. The number of ether oxygens (including phenoxy) is 3. The first-order chi connectivity index (χ1) is 15.6. The molecule has 33 heavy (non-hydrogen) atoms. The fourth-order valence-corrected chi connectivity index (χ4v) is 9.27. The Kier molecular flexibility index (Phi) is 4.64. The molecule has 2 N–H and O–H groups in total. The summed E-state index contributed by atoms with van der Waals surface area (Å²) in [6.45, 7) is 8.37. The lowest BCUT2D eigenvalue weighted by molar-refractivity contribution is -0.235. The van der Waals surface area contributed by atoms with Crippen LogP contribution in [0.2, 0.25) is 0 Å². The van der Waals surface area contributed by atoms with Crippen molar-refractivity contribution in [2.45, 2.75) is 84.1 Å². The van der Waals surface area contributed by atoms with Gasteiger partial charge in [0.05, 0.1) is 18.1 Å². The van der Waals surface area contributed by atoms with E-state index in [0.29, 0.717) is 18.3 Å². The molecule has 7 unspecified atom stereocenters. The Hall–Kier alpha value is -1.28. The molecule has 4 aliphatic carbocycles. The van der Waals surface area contributed by atoms with Crippen molar-refractivity contribution < 1.29 is 34.0 Å². The summed E-state index contributed by atoms with van der Waals surface area (Å²) in [6.07, 6.45) is 4.24. The molecule has 7 heteroatoms. The van der Waals surface area contributed by atoms with E-state index >= 15 is 0 Å². The molecule has 0 amide bonds. The third kappa shape index (κ3) is 2.40. The first-order valence-corrected chi connectivity index (χ1v) is 12.7. The highest BCUT2D eigenvalue weighted by Crippen LogP contribution is 2.82. The zero-order valence-electron chi connectivity index (χ0n) is 19.9. The van der Waals surface area contributed by atoms with Gasteiger partial charge in [-0.2, -0.15) is 0 Å². The summed E-state index contributed by atoms with van der Waals surface area (Å²) in [6, 6.07) is 0. The summed E-state index contributed by atoms with van der Waals surface area (Å²) in [5, 5.41) is 21.2. The van der Waals surface area contributed by atoms with Crippen LogP contribution >= 0.6 is 0 Å². The number of carboxylic acid groups (broad SMARTS) is 1. The molecular weight excluding hydrogens is 424 g/mol. The van der Waals surface area contributed by atoms with E-state index in [0.717, 1.165) is 31.1 Å². The summed E-state index contributed by atoms with van der Waals surface area (Å²) >= 11 is 0. The topological polar surface area (TPSA) is 106 Å². The average molecular weight is 461 g/mol. The number of hydrogen-bond acceptors (Lipinski definition) is 6. The molecule has 4 bridgehead atoms. The van der Waals surface area contributed by atoms with Crippen LogP contribution in [-0.2, 0) is 23.8 Å².